The summed E-state index contributed by atoms with van der Waals surface area (Å²) in [6.07, 6.45) is -4.58. The lowest BCUT2D eigenvalue weighted by Crippen LogP contribution is -2.07. The maximum atomic E-state index is 13.6. The lowest BCUT2D eigenvalue weighted by atomic mass is 10.1. The van der Waals surface area contributed by atoms with Crippen molar-refractivity contribution in [1.29, 1.82) is 0 Å². The van der Waals surface area contributed by atoms with Gasteiger partial charge in [-0.3, -0.25) is 0 Å². The fourth-order valence-electron chi connectivity index (χ4n) is 1.66. The highest BCUT2D eigenvalue weighted by Crippen LogP contribution is 2.33. The number of alkyl halides is 3. The van der Waals surface area contributed by atoms with Crippen molar-refractivity contribution in [1.82, 2.24) is 4.98 Å². The van der Waals surface area contributed by atoms with Gasteiger partial charge in [-0.2, -0.15) is 13.2 Å². The van der Waals surface area contributed by atoms with Crippen LogP contribution in [-0.2, 0) is 6.18 Å². The van der Waals surface area contributed by atoms with Gasteiger partial charge < -0.3 is 5.32 Å². The van der Waals surface area contributed by atoms with E-state index < -0.39 is 23.4 Å². The summed E-state index contributed by atoms with van der Waals surface area (Å²) >= 11 is 0. The molecule has 0 saturated carbocycles. The van der Waals surface area contributed by atoms with E-state index in [2.05, 4.69) is 10.3 Å². The van der Waals surface area contributed by atoms with Crippen molar-refractivity contribution < 1.29 is 22.0 Å². The molecule has 7 heteroatoms. The van der Waals surface area contributed by atoms with Crippen molar-refractivity contribution in [2.24, 2.45) is 0 Å². The number of aromatic nitrogens is 1. The van der Waals surface area contributed by atoms with Crippen LogP contribution in [0.3, 0.4) is 0 Å². The third kappa shape index (κ3) is 2.87. The molecule has 0 aliphatic heterocycles. The Hall–Kier alpha value is -2.18. The molecule has 0 aliphatic carbocycles. The second-order valence-corrected chi connectivity index (χ2v) is 4.00. The number of rotatable bonds is 2. The highest BCUT2D eigenvalue weighted by Gasteiger charge is 2.32. The first-order chi connectivity index (χ1) is 9.31. The number of pyridine rings is 1. The molecule has 2 rings (SSSR count). The van der Waals surface area contributed by atoms with Crippen LogP contribution in [0.1, 0.15) is 5.56 Å². The first kappa shape index (κ1) is 14.2. The summed E-state index contributed by atoms with van der Waals surface area (Å²) in [7, 11) is 1.40. The lowest BCUT2D eigenvalue weighted by molar-refractivity contribution is -0.137. The van der Waals surface area contributed by atoms with Gasteiger partial charge in [-0.15, -0.1) is 0 Å². The monoisotopic (exact) mass is 288 g/mol. The average molecular weight is 288 g/mol. The fraction of sp³-hybridized carbons (Fsp3) is 0.154. The SMILES string of the molecule is CNc1cc(C(F)(F)F)cc(-c2ccc(F)cc2F)n1. The molecule has 0 aliphatic rings. The molecule has 1 heterocycles. The summed E-state index contributed by atoms with van der Waals surface area (Å²) < 4.78 is 64.7. The zero-order chi connectivity index (χ0) is 14.9. The summed E-state index contributed by atoms with van der Waals surface area (Å²) in [5.74, 6) is -1.84. The van der Waals surface area contributed by atoms with Gasteiger partial charge in [0.25, 0.3) is 0 Å². The smallest absolute Gasteiger partial charge is 0.373 e. The number of halogens is 5. The Morgan fingerprint density at radius 1 is 1.05 bits per heavy atom. The van der Waals surface area contributed by atoms with Gasteiger partial charge in [0.2, 0.25) is 0 Å². The van der Waals surface area contributed by atoms with Crippen LogP contribution in [0.4, 0.5) is 27.8 Å². The van der Waals surface area contributed by atoms with Crippen LogP contribution in [0, 0.1) is 11.6 Å². The lowest BCUT2D eigenvalue weighted by Gasteiger charge is -2.11. The van der Waals surface area contributed by atoms with E-state index in [1.54, 1.807) is 0 Å². The molecule has 0 spiro atoms. The topological polar surface area (TPSA) is 24.9 Å². The number of nitrogens with one attached hydrogen (secondary N) is 1. The molecule has 0 amide bonds. The second-order valence-electron chi connectivity index (χ2n) is 4.00. The van der Waals surface area contributed by atoms with Gasteiger partial charge >= 0.3 is 6.18 Å². The summed E-state index contributed by atoms with van der Waals surface area (Å²) in [4.78, 5) is 3.85. The molecule has 2 nitrogen and oxygen atoms in total. The van der Waals surface area contributed by atoms with Gasteiger partial charge in [-0.1, -0.05) is 0 Å². The van der Waals surface area contributed by atoms with E-state index >= 15 is 0 Å². The minimum atomic E-state index is -4.58. The van der Waals surface area contributed by atoms with Crippen molar-refractivity contribution in [2.45, 2.75) is 6.18 Å². The highest BCUT2D eigenvalue weighted by atomic mass is 19.4. The van der Waals surface area contributed by atoms with Crippen LogP contribution in [0.15, 0.2) is 30.3 Å². The van der Waals surface area contributed by atoms with Gasteiger partial charge in [0.1, 0.15) is 17.5 Å². The van der Waals surface area contributed by atoms with Gasteiger partial charge in [0.05, 0.1) is 11.3 Å². The molecule has 0 unspecified atom stereocenters. The third-order valence-corrected chi connectivity index (χ3v) is 2.62. The van der Waals surface area contributed by atoms with Gasteiger partial charge in [-0.25, -0.2) is 13.8 Å². The summed E-state index contributed by atoms with van der Waals surface area (Å²) in [5, 5.41) is 2.47. The van der Waals surface area contributed by atoms with E-state index in [-0.39, 0.29) is 17.1 Å². The first-order valence-corrected chi connectivity index (χ1v) is 5.53. The largest absolute Gasteiger partial charge is 0.416 e. The van der Waals surface area contributed by atoms with E-state index in [1.165, 1.54) is 7.05 Å². The molecular formula is C13H9F5N2. The maximum Gasteiger partial charge on any atom is 0.416 e. The van der Waals surface area contributed by atoms with Crippen LogP contribution in [0.2, 0.25) is 0 Å². The number of anilines is 1. The molecule has 0 fully saturated rings. The fourth-order valence-corrected chi connectivity index (χ4v) is 1.66. The Morgan fingerprint density at radius 2 is 1.75 bits per heavy atom. The first-order valence-electron chi connectivity index (χ1n) is 5.53. The quantitative estimate of drug-likeness (QED) is 0.842. The van der Waals surface area contributed by atoms with Crippen LogP contribution in [0.5, 0.6) is 0 Å². The molecule has 0 atom stereocenters. The molecule has 0 saturated heterocycles. The van der Waals surface area contributed by atoms with Crippen molar-refractivity contribution in [3.63, 3.8) is 0 Å². The van der Waals surface area contributed by atoms with Crippen molar-refractivity contribution in [3.05, 3.63) is 47.5 Å². The van der Waals surface area contributed by atoms with Crippen LogP contribution in [0.25, 0.3) is 11.3 Å². The van der Waals surface area contributed by atoms with Gasteiger partial charge in [-0.05, 0) is 24.3 Å². The molecule has 2 aromatic rings. The Bertz CT molecular complexity index is 637. The summed E-state index contributed by atoms with van der Waals surface area (Å²) in [5.41, 5.74) is -1.38. The van der Waals surface area contributed by atoms with Crippen LogP contribution in [-0.4, -0.2) is 12.0 Å². The molecule has 0 radical (unpaired) electrons. The molecule has 0 bridgehead atoms. The standard InChI is InChI=1S/C13H9F5N2/c1-19-12-5-7(13(16,17)18)4-11(20-12)9-3-2-8(14)6-10(9)15/h2-6H,1H3,(H,19,20). The molecule has 20 heavy (non-hydrogen) atoms. The summed E-state index contributed by atoms with van der Waals surface area (Å²) in [6.45, 7) is 0. The van der Waals surface area contributed by atoms with E-state index in [4.69, 9.17) is 0 Å². The predicted octanol–water partition coefficient (Wildman–Crippen LogP) is 4.09. The maximum absolute atomic E-state index is 13.6. The average Bonchev–Trinajstić information content (AvgIpc) is 2.37. The zero-order valence-electron chi connectivity index (χ0n) is 10.2. The second kappa shape index (κ2) is 5.07. The predicted molar refractivity (Wildman–Crippen MR) is 64.1 cm³/mol. The number of hydrogen-bond acceptors (Lipinski definition) is 2. The Balaban J connectivity index is 2.61. The van der Waals surface area contributed by atoms with Crippen molar-refractivity contribution in [2.75, 3.05) is 12.4 Å². The molecular weight excluding hydrogens is 279 g/mol. The van der Waals surface area contributed by atoms with E-state index in [1.807, 2.05) is 0 Å². The zero-order valence-corrected chi connectivity index (χ0v) is 10.2. The highest BCUT2D eigenvalue weighted by molar-refractivity contribution is 5.63. The van der Waals surface area contributed by atoms with Crippen LogP contribution < -0.4 is 5.32 Å². The normalized spacial score (nSPS) is 11.5. The number of nitrogens with zero attached hydrogens (tertiary/aromatic N) is 1. The Morgan fingerprint density at radius 3 is 2.30 bits per heavy atom. The molecule has 1 aromatic carbocycles. The minimum absolute atomic E-state index is 0.0569. The number of hydrogen-bond donors (Lipinski definition) is 1. The Kier molecular flexibility index (Phi) is 3.61. The Labute approximate surface area is 111 Å². The molecule has 106 valence electrons. The minimum Gasteiger partial charge on any atom is -0.373 e. The van der Waals surface area contributed by atoms with E-state index in [9.17, 15) is 22.0 Å². The van der Waals surface area contributed by atoms with Crippen molar-refractivity contribution in [3.8, 4) is 11.3 Å². The van der Waals surface area contributed by atoms with Gasteiger partial charge in [0.15, 0.2) is 0 Å². The summed E-state index contributed by atoms with van der Waals surface area (Å²) in [6, 6.07) is 4.13. The third-order valence-electron chi connectivity index (χ3n) is 2.62. The van der Waals surface area contributed by atoms with Crippen LogP contribution >= 0.6 is 0 Å². The molecule has 1 N–H and O–H groups in total. The van der Waals surface area contributed by atoms with Gasteiger partial charge in [0, 0.05) is 18.7 Å². The van der Waals surface area contributed by atoms with E-state index in [0.717, 1.165) is 24.3 Å². The van der Waals surface area contributed by atoms with Crippen molar-refractivity contribution >= 4 is 5.82 Å². The number of benzene rings is 1. The van der Waals surface area contributed by atoms with E-state index in [0.29, 0.717) is 6.07 Å². The molecule has 1 aromatic heterocycles.